The third kappa shape index (κ3) is 8.71. The summed E-state index contributed by atoms with van der Waals surface area (Å²) in [7, 11) is 0. The fourth-order valence-corrected chi connectivity index (χ4v) is 3.56. The Bertz CT molecular complexity index is 809. The predicted molar refractivity (Wildman–Crippen MR) is 142 cm³/mol. The fraction of sp³-hybridized carbons (Fsp3) is 0.583. The highest BCUT2D eigenvalue weighted by molar-refractivity contribution is 14.0. The van der Waals surface area contributed by atoms with Gasteiger partial charge in [0.25, 0.3) is 0 Å². The second-order valence-corrected chi connectivity index (χ2v) is 9.09. The molecule has 0 radical (unpaired) electrons. The molecule has 1 aliphatic heterocycles. The first-order valence-electron chi connectivity index (χ1n) is 11.4. The molecule has 1 aromatic carbocycles. The Balaban J connectivity index is 0.00000363. The number of hydrogen-bond donors (Lipinski definition) is 2. The molecular weight excluding hydrogens is 515 g/mol. The Morgan fingerprint density at radius 3 is 2.38 bits per heavy atom. The van der Waals surface area contributed by atoms with Gasteiger partial charge in [-0.15, -0.1) is 24.0 Å². The zero-order chi connectivity index (χ0) is 22.1. The quantitative estimate of drug-likeness (QED) is 0.296. The Hall–Kier alpha value is -1.65. The lowest BCUT2D eigenvalue weighted by atomic mass is 9.94. The SMILES string of the molecule is CCNC(=NCc1ncc(C(C)(C)C)o1)NCCN1CCN(Cc2ccccc2)CC1.I. The van der Waals surface area contributed by atoms with E-state index >= 15 is 0 Å². The summed E-state index contributed by atoms with van der Waals surface area (Å²) in [4.78, 5) is 14.0. The van der Waals surface area contributed by atoms with Gasteiger partial charge < -0.3 is 15.1 Å². The van der Waals surface area contributed by atoms with E-state index in [9.17, 15) is 0 Å². The summed E-state index contributed by atoms with van der Waals surface area (Å²) < 4.78 is 5.84. The van der Waals surface area contributed by atoms with E-state index in [0.717, 1.165) is 64.1 Å². The molecule has 0 saturated carbocycles. The van der Waals surface area contributed by atoms with Gasteiger partial charge in [-0.2, -0.15) is 0 Å². The Morgan fingerprint density at radius 1 is 1.06 bits per heavy atom. The third-order valence-corrected chi connectivity index (χ3v) is 5.44. The topological polar surface area (TPSA) is 68.9 Å². The van der Waals surface area contributed by atoms with Crippen LogP contribution in [-0.2, 0) is 18.5 Å². The molecule has 0 aliphatic carbocycles. The lowest BCUT2D eigenvalue weighted by molar-refractivity contribution is 0.129. The summed E-state index contributed by atoms with van der Waals surface area (Å²) in [5.74, 6) is 2.35. The van der Waals surface area contributed by atoms with Crippen LogP contribution in [0, 0.1) is 0 Å². The van der Waals surface area contributed by atoms with Gasteiger partial charge in [-0.25, -0.2) is 9.98 Å². The summed E-state index contributed by atoms with van der Waals surface area (Å²) in [5, 5.41) is 6.75. The first-order chi connectivity index (χ1) is 14.9. The van der Waals surface area contributed by atoms with Crippen molar-refractivity contribution >= 4 is 29.9 Å². The molecule has 0 spiro atoms. The number of benzene rings is 1. The van der Waals surface area contributed by atoms with Gasteiger partial charge in [-0.3, -0.25) is 9.80 Å². The van der Waals surface area contributed by atoms with Crippen molar-refractivity contribution in [3.05, 3.63) is 53.7 Å². The normalized spacial score (nSPS) is 15.9. The fourth-order valence-electron chi connectivity index (χ4n) is 3.56. The standard InChI is InChI=1S/C24H38N6O.HI/c1-5-25-23(28-18-22-27-17-21(31-22)24(2,3)4)26-11-12-29-13-15-30(16-14-29)19-20-9-7-6-8-10-20;/h6-10,17H,5,11-16,18-19H2,1-4H3,(H2,25,26,28);1H. The van der Waals surface area contributed by atoms with Crippen LogP contribution in [0.3, 0.4) is 0 Å². The smallest absolute Gasteiger partial charge is 0.216 e. The number of rotatable bonds is 8. The summed E-state index contributed by atoms with van der Waals surface area (Å²) in [6, 6.07) is 10.7. The van der Waals surface area contributed by atoms with Crippen LogP contribution >= 0.6 is 24.0 Å². The zero-order valence-corrected chi connectivity index (χ0v) is 22.3. The minimum Gasteiger partial charge on any atom is -0.443 e. The number of hydrogen-bond acceptors (Lipinski definition) is 5. The van der Waals surface area contributed by atoms with Crippen LogP contribution in [0.15, 0.2) is 45.9 Å². The average Bonchev–Trinajstić information content (AvgIpc) is 3.24. The summed E-state index contributed by atoms with van der Waals surface area (Å²) in [5.41, 5.74) is 1.35. The highest BCUT2D eigenvalue weighted by Crippen LogP contribution is 2.22. The van der Waals surface area contributed by atoms with Crippen molar-refractivity contribution in [1.29, 1.82) is 0 Å². The third-order valence-electron chi connectivity index (χ3n) is 5.44. The molecule has 32 heavy (non-hydrogen) atoms. The van der Waals surface area contributed by atoms with Crippen LogP contribution < -0.4 is 10.6 Å². The molecule has 2 heterocycles. The molecule has 0 amide bonds. The van der Waals surface area contributed by atoms with Crippen molar-refractivity contribution in [2.75, 3.05) is 45.8 Å². The second-order valence-electron chi connectivity index (χ2n) is 9.09. The maximum Gasteiger partial charge on any atom is 0.216 e. The number of guanidine groups is 1. The van der Waals surface area contributed by atoms with Crippen LogP contribution in [0.2, 0.25) is 0 Å². The molecule has 1 aromatic heterocycles. The minimum absolute atomic E-state index is 0. The first kappa shape index (κ1) is 26.6. The van der Waals surface area contributed by atoms with E-state index in [1.165, 1.54) is 5.56 Å². The van der Waals surface area contributed by atoms with Gasteiger partial charge in [0.15, 0.2) is 5.96 Å². The van der Waals surface area contributed by atoms with Gasteiger partial charge in [-0.1, -0.05) is 51.1 Å². The van der Waals surface area contributed by atoms with E-state index in [0.29, 0.717) is 12.4 Å². The van der Waals surface area contributed by atoms with Crippen molar-refractivity contribution < 1.29 is 4.42 Å². The Kier molecular flexibility index (Phi) is 10.9. The lowest BCUT2D eigenvalue weighted by Crippen LogP contribution is -2.49. The maximum atomic E-state index is 5.84. The lowest BCUT2D eigenvalue weighted by Gasteiger charge is -2.34. The number of piperazine rings is 1. The second kappa shape index (κ2) is 13.2. The van der Waals surface area contributed by atoms with Gasteiger partial charge in [0.2, 0.25) is 5.89 Å². The van der Waals surface area contributed by atoms with Crippen LogP contribution in [0.5, 0.6) is 0 Å². The molecule has 0 atom stereocenters. The highest BCUT2D eigenvalue weighted by atomic mass is 127. The van der Waals surface area contributed by atoms with Gasteiger partial charge in [0, 0.05) is 57.8 Å². The highest BCUT2D eigenvalue weighted by Gasteiger charge is 2.19. The number of nitrogens with one attached hydrogen (secondary N) is 2. The molecule has 178 valence electrons. The van der Waals surface area contributed by atoms with Crippen molar-refractivity contribution in [2.24, 2.45) is 4.99 Å². The molecule has 1 aliphatic rings. The van der Waals surface area contributed by atoms with Crippen molar-refractivity contribution in [2.45, 2.75) is 46.2 Å². The van der Waals surface area contributed by atoms with Crippen LogP contribution in [0.1, 0.15) is 44.9 Å². The van der Waals surface area contributed by atoms with Crippen molar-refractivity contribution in [3.8, 4) is 0 Å². The van der Waals surface area contributed by atoms with E-state index in [1.807, 2.05) is 6.20 Å². The molecule has 8 heteroatoms. The molecule has 1 fully saturated rings. The molecule has 0 unspecified atom stereocenters. The van der Waals surface area contributed by atoms with E-state index in [2.05, 4.69) is 88.4 Å². The van der Waals surface area contributed by atoms with Gasteiger partial charge >= 0.3 is 0 Å². The minimum atomic E-state index is -0.0389. The summed E-state index contributed by atoms with van der Waals surface area (Å²) >= 11 is 0. The molecule has 2 aromatic rings. The van der Waals surface area contributed by atoms with Crippen molar-refractivity contribution in [3.63, 3.8) is 0 Å². The van der Waals surface area contributed by atoms with Crippen LogP contribution in [0.25, 0.3) is 0 Å². The van der Waals surface area contributed by atoms with Gasteiger partial charge in [-0.05, 0) is 12.5 Å². The van der Waals surface area contributed by atoms with Crippen molar-refractivity contribution in [1.82, 2.24) is 25.4 Å². The molecule has 7 nitrogen and oxygen atoms in total. The summed E-state index contributed by atoms with van der Waals surface area (Å²) in [6.45, 7) is 17.0. The van der Waals surface area contributed by atoms with Crippen LogP contribution in [0.4, 0.5) is 0 Å². The number of oxazole rings is 1. The monoisotopic (exact) mass is 554 g/mol. The van der Waals surface area contributed by atoms with E-state index < -0.39 is 0 Å². The Morgan fingerprint density at radius 2 is 1.75 bits per heavy atom. The van der Waals surface area contributed by atoms with Gasteiger partial charge in [0.05, 0.1) is 6.20 Å². The number of aromatic nitrogens is 1. The first-order valence-corrected chi connectivity index (χ1v) is 11.4. The van der Waals surface area contributed by atoms with E-state index in [-0.39, 0.29) is 29.4 Å². The van der Waals surface area contributed by atoms with E-state index in [4.69, 9.17) is 4.42 Å². The Labute approximate surface area is 210 Å². The largest absolute Gasteiger partial charge is 0.443 e. The van der Waals surface area contributed by atoms with Crippen LogP contribution in [-0.4, -0.2) is 66.6 Å². The molecule has 2 N–H and O–H groups in total. The molecule has 1 saturated heterocycles. The molecule has 3 rings (SSSR count). The molecule has 0 bridgehead atoms. The number of halogens is 1. The zero-order valence-electron chi connectivity index (χ0n) is 19.9. The average molecular weight is 555 g/mol. The number of nitrogens with zero attached hydrogens (tertiary/aromatic N) is 4. The van der Waals surface area contributed by atoms with Gasteiger partial charge in [0.1, 0.15) is 12.3 Å². The number of aliphatic imine (C=N–C) groups is 1. The maximum absolute atomic E-state index is 5.84. The molecular formula is C24H39IN6O. The van der Waals surface area contributed by atoms with E-state index in [1.54, 1.807) is 0 Å². The summed E-state index contributed by atoms with van der Waals surface area (Å²) in [6.07, 6.45) is 1.81. The predicted octanol–water partition coefficient (Wildman–Crippen LogP) is 3.46.